The molecule has 3 heteroatoms. The van der Waals surface area contributed by atoms with Gasteiger partial charge in [0.1, 0.15) is 0 Å². The molecule has 1 aliphatic heterocycles. The molecule has 18 heavy (non-hydrogen) atoms. The number of aromatic carboxylic acids is 1. The molecule has 1 aliphatic rings. The van der Waals surface area contributed by atoms with E-state index in [2.05, 4.69) is 18.7 Å². The van der Waals surface area contributed by atoms with Crippen LogP contribution in [0.2, 0.25) is 0 Å². The van der Waals surface area contributed by atoms with Gasteiger partial charge in [-0.25, -0.2) is 4.79 Å². The lowest BCUT2D eigenvalue weighted by atomic mass is 10.0. The lowest BCUT2D eigenvalue weighted by molar-refractivity contribution is 0.0696. The van der Waals surface area contributed by atoms with Gasteiger partial charge in [-0.15, -0.1) is 0 Å². The van der Waals surface area contributed by atoms with E-state index in [0.29, 0.717) is 17.5 Å². The fraction of sp³-hybridized carbons (Fsp3) is 0.533. The molecule has 1 atom stereocenters. The van der Waals surface area contributed by atoms with E-state index >= 15 is 0 Å². The summed E-state index contributed by atoms with van der Waals surface area (Å²) in [7, 11) is 0. The topological polar surface area (TPSA) is 40.5 Å². The first-order valence-electron chi connectivity index (χ1n) is 6.64. The third-order valence-corrected chi connectivity index (χ3v) is 3.74. The van der Waals surface area contributed by atoms with Crippen molar-refractivity contribution in [2.45, 2.75) is 39.3 Å². The Bertz CT molecular complexity index is 428. The van der Waals surface area contributed by atoms with E-state index < -0.39 is 5.97 Å². The fourth-order valence-electron chi connectivity index (χ4n) is 2.84. The van der Waals surface area contributed by atoms with Crippen LogP contribution in [0.15, 0.2) is 24.3 Å². The van der Waals surface area contributed by atoms with Crippen LogP contribution in [0.5, 0.6) is 0 Å². The lowest BCUT2D eigenvalue weighted by Gasteiger charge is -2.27. The molecule has 0 radical (unpaired) electrons. The number of hydrogen-bond donors (Lipinski definition) is 1. The van der Waals surface area contributed by atoms with E-state index in [4.69, 9.17) is 5.11 Å². The number of carbonyl (C=O) groups is 1. The normalized spacial score (nSPS) is 20.5. The van der Waals surface area contributed by atoms with Crippen LogP contribution in [0, 0.1) is 5.92 Å². The summed E-state index contributed by atoms with van der Waals surface area (Å²) in [5.41, 5.74) is 1.48. The van der Waals surface area contributed by atoms with Crippen molar-refractivity contribution >= 4 is 5.97 Å². The van der Waals surface area contributed by atoms with E-state index in [0.717, 1.165) is 18.7 Å². The van der Waals surface area contributed by atoms with E-state index in [1.165, 1.54) is 12.8 Å². The van der Waals surface area contributed by atoms with Gasteiger partial charge in [-0.2, -0.15) is 0 Å². The van der Waals surface area contributed by atoms with Gasteiger partial charge in [-0.05, 0) is 43.0 Å². The Morgan fingerprint density at radius 3 is 2.94 bits per heavy atom. The number of likely N-dealkylation sites (tertiary alicyclic amines) is 1. The van der Waals surface area contributed by atoms with Crippen molar-refractivity contribution in [3.8, 4) is 0 Å². The number of benzene rings is 1. The zero-order chi connectivity index (χ0) is 13.1. The molecule has 0 bridgehead atoms. The summed E-state index contributed by atoms with van der Waals surface area (Å²) in [6.45, 7) is 6.51. The quantitative estimate of drug-likeness (QED) is 0.889. The maximum atomic E-state index is 10.9. The Morgan fingerprint density at radius 2 is 2.28 bits per heavy atom. The van der Waals surface area contributed by atoms with Crippen LogP contribution in [-0.2, 0) is 6.54 Å². The molecule has 0 spiro atoms. The van der Waals surface area contributed by atoms with Crippen molar-refractivity contribution in [3.05, 3.63) is 35.4 Å². The van der Waals surface area contributed by atoms with Crippen LogP contribution < -0.4 is 0 Å². The minimum Gasteiger partial charge on any atom is -0.478 e. The molecule has 0 amide bonds. The second kappa shape index (κ2) is 5.53. The van der Waals surface area contributed by atoms with Gasteiger partial charge >= 0.3 is 5.97 Å². The molecule has 0 saturated carbocycles. The Balaban J connectivity index is 2.09. The fourth-order valence-corrected chi connectivity index (χ4v) is 2.84. The van der Waals surface area contributed by atoms with Gasteiger partial charge in [-0.3, -0.25) is 4.90 Å². The van der Waals surface area contributed by atoms with E-state index in [1.807, 2.05) is 12.1 Å². The monoisotopic (exact) mass is 247 g/mol. The number of carboxylic acid groups (broad SMARTS) is 1. The molecular weight excluding hydrogens is 226 g/mol. The van der Waals surface area contributed by atoms with Crippen molar-refractivity contribution in [2.75, 3.05) is 6.54 Å². The van der Waals surface area contributed by atoms with Crippen LogP contribution in [-0.4, -0.2) is 28.6 Å². The predicted octanol–water partition coefficient (Wildman–Crippen LogP) is 3.01. The van der Waals surface area contributed by atoms with E-state index in [1.54, 1.807) is 12.1 Å². The first-order chi connectivity index (χ1) is 8.58. The molecule has 3 nitrogen and oxygen atoms in total. The molecule has 0 aromatic heterocycles. The maximum absolute atomic E-state index is 10.9. The smallest absolute Gasteiger partial charge is 0.335 e. The highest BCUT2D eigenvalue weighted by atomic mass is 16.4. The average Bonchev–Trinajstić information content (AvgIpc) is 2.77. The number of nitrogens with zero attached hydrogens (tertiary/aromatic N) is 1. The molecule has 2 rings (SSSR count). The van der Waals surface area contributed by atoms with Crippen LogP contribution in [0.25, 0.3) is 0 Å². The summed E-state index contributed by atoms with van der Waals surface area (Å²) < 4.78 is 0. The molecule has 1 heterocycles. The van der Waals surface area contributed by atoms with Crippen LogP contribution in [0.3, 0.4) is 0 Å². The zero-order valence-corrected chi connectivity index (χ0v) is 11.1. The number of rotatable bonds is 4. The van der Waals surface area contributed by atoms with Gasteiger partial charge in [0.25, 0.3) is 0 Å². The number of carboxylic acids is 1. The second-order valence-corrected chi connectivity index (χ2v) is 5.43. The van der Waals surface area contributed by atoms with Gasteiger partial charge in [-0.1, -0.05) is 26.0 Å². The molecule has 0 aliphatic carbocycles. The molecule has 1 unspecified atom stereocenters. The van der Waals surface area contributed by atoms with E-state index in [9.17, 15) is 4.79 Å². The summed E-state index contributed by atoms with van der Waals surface area (Å²) in [6, 6.07) is 7.92. The Kier molecular flexibility index (Phi) is 4.02. The first kappa shape index (κ1) is 13.1. The largest absolute Gasteiger partial charge is 0.478 e. The lowest BCUT2D eigenvalue weighted by Crippen LogP contribution is -2.32. The average molecular weight is 247 g/mol. The highest BCUT2D eigenvalue weighted by molar-refractivity contribution is 5.87. The molecule has 1 N–H and O–H groups in total. The zero-order valence-electron chi connectivity index (χ0n) is 11.1. The molecule has 1 aromatic carbocycles. The van der Waals surface area contributed by atoms with Gasteiger partial charge in [0.05, 0.1) is 5.56 Å². The van der Waals surface area contributed by atoms with Crippen molar-refractivity contribution in [2.24, 2.45) is 5.92 Å². The predicted molar refractivity (Wildman–Crippen MR) is 71.7 cm³/mol. The minimum atomic E-state index is -0.848. The molecule has 1 aromatic rings. The van der Waals surface area contributed by atoms with E-state index in [-0.39, 0.29) is 0 Å². The van der Waals surface area contributed by atoms with Crippen LogP contribution in [0.1, 0.15) is 42.6 Å². The molecule has 1 saturated heterocycles. The SMILES string of the molecule is CC(C)C1CCCN1Cc1cccc(C(=O)O)c1. The molecule has 98 valence electrons. The van der Waals surface area contributed by atoms with Crippen molar-refractivity contribution in [1.82, 2.24) is 4.90 Å². The molecule has 1 fully saturated rings. The third kappa shape index (κ3) is 2.91. The van der Waals surface area contributed by atoms with Gasteiger partial charge in [0, 0.05) is 12.6 Å². The molecular formula is C15H21NO2. The first-order valence-corrected chi connectivity index (χ1v) is 6.64. The Morgan fingerprint density at radius 1 is 1.50 bits per heavy atom. The Labute approximate surface area is 108 Å². The van der Waals surface area contributed by atoms with Crippen molar-refractivity contribution in [3.63, 3.8) is 0 Å². The van der Waals surface area contributed by atoms with Crippen molar-refractivity contribution < 1.29 is 9.90 Å². The standard InChI is InChI=1S/C15H21NO2/c1-11(2)14-7-4-8-16(14)10-12-5-3-6-13(9-12)15(17)18/h3,5-6,9,11,14H,4,7-8,10H2,1-2H3,(H,17,18). The number of hydrogen-bond acceptors (Lipinski definition) is 2. The highest BCUT2D eigenvalue weighted by Gasteiger charge is 2.26. The summed E-state index contributed by atoms with van der Waals surface area (Å²) >= 11 is 0. The maximum Gasteiger partial charge on any atom is 0.335 e. The van der Waals surface area contributed by atoms with Gasteiger partial charge in [0.2, 0.25) is 0 Å². The van der Waals surface area contributed by atoms with Crippen LogP contribution >= 0.6 is 0 Å². The Hall–Kier alpha value is -1.35. The second-order valence-electron chi connectivity index (χ2n) is 5.43. The summed E-state index contributed by atoms with van der Waals surface area (Å²) in [5.74, 6) is -0.186. The minimum absolute atomic E-state index is 0.382. The van der Waals surface area contributed by atoms with Gasteiger partial charge < -0.3 is 5.11 Å². The highest BCUT2D eigenvalue weighted by Crippen LogP contribution is 2.25. The van der Waals surface area contributed by atoms with Crippen LogP contribution in [0.4, 0.5) is 0 Å². The third-order valence-electron chi connectivity index (χ3n) is 3.74. The summed E-state index contributed by atoms with van der Waals surface area (Å²) in [4.78, 5) is 13.4. The van der Waals surface area contributed by atoms with Crippen molar-refractivity contribution in [1.29, 1.82) is 0 Å². The summed E-state index contributed by atoms with van der Waals surface area (Å²) in [6.07, 6.45) is 2.51. The van der Waals surface area contributed by atoms with Gasteiger partial charge in [0.15, 0.2) is 0 Å². The summed E-state index contributed by atoms with van der Waals surface area (Å²) in [5, 5.41) is 9.00.